The van der Waals surface area contributed by atoms with E-state index in [0.717, 1.165) is 29.5 Å². The van der Waals surface area contributed by atoms with Crippen LogP contribution in [0.4, 0.5) is 13.2 Å². The number of hydrogen-bond donors (Lipinski definition) is 1. The number of aryl methyl sites for hydroxylation is 1. The minimum atomic E-state index is -2.73. The maximum Gasteiger partial charge on any atom is 0.277 e. The normalized spacial score (nSPS) is 14.1. The summed E-state index contributed by atoms with van der Waals surface area (Å²) in [6.45, 7) is 0.606. The molecule has 13 heteroatoms. The van der Waals surface area contributed by atoms with Gasteiger partial charge in [-0.05, 0) is 53.4 Å². The average Bonchev–Trinajstić information content (AvgIpc) is 3.52. The predicted molar refractivity (Wildman–Crippen MR) is 128 cm³/mol. The molecule has 1 N–H and O–H groups in total. The summed E-state index contributed by atoms with van der Waals surface area (Å²) in [5, 5.41) is 10.3. The number of hydrogen-bond acceptors (Lipinski definition) is 5. The summed E-state index contributed by atoms with van der Waals surface area (Å²) in [6.07, 6.45) is 1.37. The second-order valence-corrected chi connectivity index (χ2v) is 9.53. The molecule has 8 nitrogen and oxygen atoms in total. The molecule has 1 aliphatic carbocycles. The summed E-state index contributed by atoms with van der Waals surface area (Å²) < 4.78 is 41.0. The van der Waals surface area contributed by atoms with Crippen molar-refractivity contribution >= 4 is 39.3 Å². The number of aromatic nitrogens is 4. The quantitative estimate of drug-likeness (QED) is 0.400. The maximum atomic E-state index is 14.9. The molecule has 0 saturated heterocycles. The number of nitrogens with one attached hydrogen (secondary N) is 1. The lowest BCUT2D eigenvalue weighted by atomic mass is 10.1. The van der Waals surface area contributed by atoms with E-state index in [1.807, 2.05) is 0 Å². The van der Waals surface area contributed by atoms with Crippen LogP contribution in [0.3, 0.4) is 0 Å². The fourth-order valence-corrected chi connectivity index (χ4v) is 4.21. The summed E-state index contributed by atoms with van der Waals surface area (Å²) >= 11 is 9.41. The van der Waals surface area contributed by atoms with Crippen LogP contribution < -0.4 is 5.32 Å². The molecule has 1 atom stereocenters. The van der Waals surface area contributed by atoms with Crippen LogP contribution >= 0.6 is 27.5 Å². The largest absolute Gasteiger partial charge is 0.351 e. The van der Waals surface area contributed by atoms with E-state index in [2.05, 4.69) is 36.4 Å². The van der Waals surface area contributed by atoms with Crippen molar-refractivity contribution in [2.45, 2.75) is 51.4 Å². The van der Waals surface area contributed by atoms with Crippen LogP contribution in [-0.2, 0) is 17.9 Å². The predicted octanol–water partition coefficient (Wildman–Crippen LogP) is 4.46. The Labute approximate surface area is 218 Å². The number of carbonyl (C=O) groups is 2. The standard InChI is InChI=1S/C23H21BrClF3N6O2/c1-12-7-8-29-20(18(12)24)21(22(35)31-14-5-6-14)33(10-13-3-2-4-15(25)19(13)28)23(36)16-9-30-34(32-16)11-17(26)27/h2-4,7-9,14,17,21H,5-6,10-11H2,1H3,(H,31,35). The van der Waals surface area contributed by atoms with Gasteiger partial charge < -0.3 is 10.2 Å². The Bertz CT molecular complexity index is 1290. The Hall–Kier alpha value is -2.99. The van der Waals surface area contributed by atoms with Gasteiger partial charge in [0, 0.05) is 22.3 Å². The SMILES string of the molecule is Cc1ccnc(C(C(=O)NC2CC2)N(Cc2cccc(Cl)c2F)C(=O)c2cnn(CC(F)F)n2)c1Br. The molecule has 0 bridgehead atoms. The fourth-order valence-electron chi connectivity index (χ4n) is 3.56. The van der Waals surface area contributed by atoms with Gasteiger partial charge in [-0.3, -0.25) is 14.6 Å². The van der Waals surface area contributed by atoms with Crippen molar-refractivity contribution in [3.63, 3.8) is 0 Å². The first-order chi connectivity index (χ1) is 17.2. The fraction of sp³-hybridized carbons (Fsp3) is 0.348. The summed E-state index contributed by atoms with van der Waals surface area (Å²) in [5.74, 6) is -2.09. The van der Waals surface area contributed by atoms with E-state index in [9.17, 15) is 22.8 Å². The third-order valence-corrected chi connectivity index (χ3v) is 6.87. The molecular formula is C23H21BrClF3N6O2. The molecule has 2 heterocycles. The number of pyridine rings is 1. The van der Waals surface area contributed by atoms with Crippen molar-refractivity contribution < 1.29 is 22.8 Å². The topological polar surface area (TPSA) is 93.0 Å². The summed E-state index contributed by atoms with van der Waals surface area (Å²) in [7, 11) is 0. The van der Waals surface area contributed by atoms with Gasteiger partial charge >= 0.3 is 0 Å². The van der Waals surface area contributed by atoms with E-state index in [4.69, 9.17) is 11.6 Å². The number of amides is 2. The first-order valence-corrected chi connectivity index (χ1v) is 12.2. The zero-order valence-corrected chi connectivity index (χ0v) is 21.3. The zero-order chi connectivity index (χ0) is 26.0. The van der Waals surface area contributed by atoms with E-state index < -0.39 is 36.6 Å². The molecule has 1 saturated carbocycles. The smallest absolute Gasteiger partial charge is 0.277 e. The third kappa shape index (κ3) is 5.86. The van der Waals surface area contributed by atoms with E-state index >= 15 is 0 Å². The van der Waals surface area contributed by atoms with Gasteiger partial charge in [0.05, 0.1) is 23.5 Å². The lowest BCUT2D eigenvalue weighted by molar-refractivity contribution is -0.126. The molecule has 0 aliphatic heterocycles. The van der Waals surface area contributed by atoms with E-state index in [1.54, 1.807) is 13.0 Å². The Kier molecular flexibility index (Phi) is 7.94. The molecule has 190 valence electrons. The zero-order valence-electron chi connectivity index (χ0n) is 19.0. The van der Waals surface area contributed by atoms with Gasteiger partial charge in [0.15, 0.2) is 11.7 Å². The Morgan fingerprint density at radius 1 is 1.31 bits per heavy atom. The highest BCUT2D eigenvalue weighted by molar-refractivity contribution is 9.10. The molecule has 1 aromatic carbocycles. The minimum Gasteiger partial charge on any atom is -0.351 e. The number of carbonyl (C=O) groups excluding carboxylic acids is 2. The van der Waals surface area contributed by atoms with Gasteiger partial charge in [-0.2, -0.15) is 9.90 Å². The number of alkyl halides is 2. The van der Waals surface area contributed by atoms with Crippen molar-refractivity contribution in [3.8, 4) is 0 Å². The molecule has 0 radical (unpaired) electrons. The Balaban J connectivity index is 1.81. The van der Waals surface area contributed by atoms with Gasteiger partial charge in [-0.1, -0.05) is 23.7 Å². The van der Waals surface area contributed by atoms with Crippen molar-refractivity contribution in [3.05, 3.63) is 74.5 Å². The van der Waals surface area contributed by atoms with Gasteiger partial charge in [0.25, 0.3) is 12.3 Å². The average molecular weight is 586 g/mol. The molecule has 0 spiro atoms. The molecule has 2 aromatic heterocycles. The van der Waals surface area contributed by atoms with Crippen LogP contribution in [0.2, 0.25) is 5.02 Å². The lowest BCUT2D eigenvalue weighted by Gasteiger charge is -2.31. The van der Waals surface area contributed by atoms with Crippen LogP contribution in [-0.4, -0.2) is 49.2 Å². The van der Waals surface area contributed by atoms with Crippen LogP contribution in [0, 0.1) is 12.7 Å². The summed E-state index contributed by atoms with van der Waals surface area (Å²) in [5.41, 5.74) is 0.743. The maximum absolute atomic E-state index is 14.9. The molecule has 1 aliphatic rings. The second kappa shape index (κ2) is 11.0. The molecular weight excluding hydrogens is 565 g/mol. The lowest BCUT2D eigenvalue weighted by Crippen LogP contribution is -2.45. The van der Waals surface area contributed by atoms with Crippen LogP contribution in [0.5, 0.6) is 0 Å². The van der Waals surface area contributed by atoms with Gasteiger partial charge in [0.2, 0.25) is 5.91 Å². The van der Waals surface area contributed by atoms with Crippen LogP contribution in [0.1, 0.15) is 46.2 Å². The molecule has 2 amide bonds. The number of benzene rings is 1. The van der Waals surface area contributed by atoms with Crippen LogP contribution in [0.15, 0.2) is 41.1 Å². The molecule has 1 unspecified atom stereocenters. The highest BCUT2D eigenvalue weighted by Gasteiger charge is 2.38. The van der Waals surface area contributed by atoms with E-state index in [0.29, 0.717) is 9.27 Å². The second-order valence-electron chi connectivity index (χ2n) is 8.33. The van der Waals surface area contributed by atoms with Crippen molar-refractivity contribution in [1.29, 1.82) is 0 Å². The third-order valence-electron chi connectivity index (χ3n) is 5.54. The molecule has 3 aromatic rings. The highest BCUT2D eigenvalue weighted by atomic mass is 79.9. The van der Waals surface area contributed by atoms with E-state index in [1.165, 1.54) is 24.4 Å². The van der Waals surface area contributed by atoms with Crippen LogP contribution in [0.25, 0.3) is 0 Å². The first-order valence-electron chi connectivity index (χ1n) is 11.0. The minimum absolute atomic E-state index is 0.0452. The van der Waals surface area contributed by atoms with Gasteiger partial charge in [0.1, 0.15) is 12.4 Å². The number of halogens is 5. The summed E-state index contributed by atoms with van der Waals surface area (Å²) in [4.78, 5) is 33.3. The summed E-state index contributed by atoms with van der Waals surface area (Å²) in [6, 6.07) is 4.69. The van der Waals surface area contributed by atoms with Gasteiger partial charge in [-0.25, -0.2) is 13.2 Å². The van der Waals surface area contributed by atoms with E-state index in [-0.39, 0.29) is 34.6 Å². The van der Waals surface area contributed by atoms with Crippen molar-refractivity contribution in [2.75, 3.05) is 0 Å². The highest BCUT2D eigenvalue weighted by Crippen LogP contribution is 2.33. The van der Waals surface area contributed by atoms with Crippen molar-refractivity contribution in [1.82, 2.24) is 30.2 Å². The monoisotopic (exact) mass is 584 g/mol. The van der Waals surface area contributed by atoms with Crippen molar-refractivity contribution in [2.24, 2.45) is 0 Å². The number of nitrogens with zero attached hydrogens (tertiary/aromatic N) is 5. The molecule has 1 fully saturated rings. The first kappa shape index (κ1) is 26.1. The number of rotatable bonds is 9. The Morgan fingerprint density at radius 2 is 2.06 bits per heavy atom. The molecule has 36 heavy (non-hydrogen) atoms. The molecule has 4 rings (SSSR count). The van der Waals surface area contributed by atoms with Gasteiger partial charge in [-0.15, -0.1) is 5.10 Å². The Morgan fingerprint density at radius 3 is 2.75 bits per heavy atom.